The van der Waals surface area contributed by atoms with Crippen molar-refractivity contribution in [1.29, 1.82) is 0 Å². The van der Waals surface area contributed by atoms with Crippen LogP contribution in [-0.2, 0) is 9.47 Å². The van der Waals surface area contributed by atoms with Crippen LogP contribution in [0.15, 0.2) is 0 Å². The van der Waals surface area contributed by atoms with Crippen LogP contribution in [0.5, 0.6) is 0 Å². The second-order valence-electron chi connectivity index (χ2n) is 6.23. The number of rotatable bonds is 3. The van der Waals surface area contributed by atoms with Crippen molar-refractivity contribution in [1.82, 2.24) is 19.9 Å². The van der Waals surface area contributed by atoms with E-state index in [1.54, 1.807) is 23.4 Å². The van der Waals surface area contributed by atoms with Crippen molar-refractivity contribution in [3.8, 4) is 0 Å². The highest BCUT2D eigenvalue weighted by molar-refractivity contribution is 5.88. The molecule has 8 heteroatoms. The summed E-state index contributed by atoms with van der Waals surface area (Å²) in [4.78, 5) is 25.2. The summed E-state index contributed by atoms with van der Waals surface area (Å²) in [7, 11) is 0. The summed E-state index contributed by atoms with van der Waals surface area (Å²) in [6, 6.07) is 0.00296. The van der Waals surface area contributed by atoms with E-state index in [0.29, 0.717) is 25.4 Å². The van der Waals surface area contributed by atoms with E-state index in [4.69, 9.17) is 9.47 Å². The lowest BCUT2D eigenvalue weighted by molar-refractivity contribution is -0.000933. The van der Waals surface area contributed by atoms with Crippen molar-refractivity contribution >= 4 is 12.1 Å². The molecule has 2 heterocycles. The van der Waals surface area contributed by atoms with Crippen LogP contribution in [0.1, 0.15) is 49.9 Å². The third-order valence-corrected chi connectivity index (χ3v) is 3.26. The molecule has 1 amide bonds. The van der Waals surface area contributed by atoms with E-state index in [1.807, 2.05) is 20.8 Å². The molecule has 0 unspecified atom stereocenters. The molecule has 1 aromatic rings. The highest BCUT2D eigenvalue weighted by atomic mass is 16.6. The zero-order valence-corrected chi connectivity index (χ0v) is 13.6. The van der Waals surface area contributed by atoms with Gasteiger partial charge in [-0.1, -0.05) is 5.21 Å². The van der Waals surface area contributed by atoms with Crippen molar-refractivity contribution in [2.45, 2.75) is 46.3 Å². The van der Waals surface area contributed by atoms with Gasteiger partial charge in [-0.15, -0.1) is 5.10 Å². The van der Waals surface area contributed by atoms with Gasteiger partial charge in [-0.25, -0.2) is 14.3 Å². The van der Waals surface area contributed by atoms with Gasteiger partial charge in [0.1, 0.15) is 5.60 Å². The van der Waals surface area contributed by atoms with E-state index >= 15 is 0 Å². The van der Waals surface area contributed by atoms with Crippen molar-refractivity contribution in [2.75, 3.05) is 19.7 Å². The number of likely N-dealkylation sites (tertiary alicyclic amines) is 1. The first-order valence-electron chi connectivity index (χ1n) is 7.29. The SMILES string of the molecule is CCOC(=O)c1nnn(C2CN(C(=O)OC(C)(C)C)C2)c1C. The molecule has 0 bridgehead atoms. The topological polar surface area (TPSA) is 86.5 Å². The normalized spacial score (nSPS) is 15.4. The lowest BCUT2D eigenvalue weighted by Crippen LogP contribution is -2.52. The Kier molecular flexibility index (Phi) is 4.39. The Morgan fingerprint density at radius 2 is 1.95 bits per heavy atom. The Bertz CT molecular complexity index is 570. The molecule has 22 heavy (non-hydrogen) atoms. The summed E-state index contributed by atoms with van der Waals surface area (Å²) in [6.07, 6.45) is -0.341. The Morgan fingerprint density at radius 1 is 1.32 bits per heavy atom. The highest BCUT2D eigenvalue weighted by Gasteiger charge is 2.36. The minimum atomic E-state index is -0.511. The lowest BCUT2D eigenvalue weighted by Gasteiger charge is -2.39. The first kappa shape index (κ1) is 16.3. The first-order chi connectivity index (χ1) is 10.2. The zero-order chi connectivity index (χ0) is 16.5. The van der Waals surface area contributed by atoms with Gasteiger partial charge in [0.15, 0.2) is 5.69 Å². The first-order valence-corrected chi connectivity index (χ1v) is 7.29. The molecule has 122 valence electrons. The van der Waals surface area contributed by atoms with Gasteiger partial charge in [0, 0.05) is 13.1 Å². The average molecular weight is 310 g/mol. The van der Waals surface area contributed by atoms with Crippen molar-refractivity contribution < 1.29 is 19.1 Å². The number of aromatic nitrogens is 3. The molecule has 0 radical (unpaired) electrons. The largest absolute Gasteiger partial charge is 0.461 e. The minimum Gasteiger partial charge on any atom is -0.461 e. The zero-order valence-electron chi connectivity index (χ0n) is 13.6. The van der Waals surface area contributed by atoms with E-state index in [0.717, 1.165) is 0 Å². The third kappa shape index (κ3) is 3.37. The number of hydrogen-bond acceptors (Lipinski definition) is 6. The Morgan fingerprint density at radius 3 is 2.50 bits per heavy atom. The Labute approximate surface area is 129 Å². The molecule has 0 aromatic carbocycles. The molecule has 0 N–H and O–H groups in total. The molecule has 1 aromatic heterocycles. The van der Waals surface area contributed by atoms with Crippen molar-refractivity contribution in [2.24, 2.45) is 0 Å². The molecule has 1 saturated heterocycles. The van der Waals surface area contributed by atoms with Gasteiger partial charge in [0.25, 0.3) is 0 Å². The molecule has 1 fully saturated rings. The van der Waals surface area contributed by atoms with Gasteiger partial charge >= 0.3 is 12.1 Å². The maximum absolute atomic E-state index is 11.9. The van der Waals surface area contributed by atoms with E-state index < -0.39 is 11.6 Å². The van der Waals surface area contributed by atoms with E-state index in [9.17, 15) is 9.59 Å². The molecule has 0 atom stereocenters. The standard InChI is InChI=1S/C14H22N4O4/c1-6-21-12(19)11-9(2)18(16-15-11)10-7-17(8-10)13(20)22-14(3,4)5/h10H,6-8H2,1-5H3. The summed E-state index contributed by atoms with van der Waals surface area (Å²) in [5.74, 6) is -0.477. The monoisotopic (exact) mass is 310 g/mol. The van der Waals surface area contributed by atoms with Gasteiger partial charge in [-0.05, 0) is 34.6 Å². The van der Waals surface area contributed by atoms with Gasteiger partial charge in [-0.3, -0.25) is 0 Å². The molecule has 1 aliphatic rings. The number of hydrogen-bond donors (Lipinski definition) is 0. The fraction of sp³-hybridized carbons (Fsp3) is 0.714. The number of ether oxygens (including phenoxy) is 2. The number of carbonyl (C=O) groups excluding carboxylic acids is 2. The molecule has 0 aliphatic carbocycles. The maximum atomic E-state index is 11.9. The minimum absolute atomic E-state index is 0.00296. The predicted molar refractivity (Wildman–Crippen MR) is 77.6 cm³/mol. The van der Waals surface area contributed by atoms with Crippen LogP contribution < -0.4 is 0 Å². The fourth-order valence-electron chi connectivity index (χ4n) is 2.16. The van der Waals surface area contributed by atoms with Gasteiger partial charge < -0.3 is 14.4 Å². The Balaban J connectivity index is 1.97. The summed E-state index contributed by atoms with van der Waals surface area (Å²) < 4.78 is 11.9. The molecule has 0 saturated carbocycles. The van der Waals surface area contributed by atoms with Crippen LogP contribution in [0.25, 0.3) is 0 Å². The fourth-order valence-corrected chi connectivity index (χ4v) is 2.16. The van der Waals surface area contributed by atoms with Gasteiger partial charge in [0.2, 0.25) is 0 Å². The van der Waals surface area contributed by atoms with Gasteiger partial charge in [-0.2, -0.15) is 0 Å². The Hall–Kier alpha value is -2.12. The second kappa shape index (κ2) is 5.94. The number of carbonyl (C=O) groups is 2. The van der Waals surface area contributed by atoms with E-state index in [2.05, 4.69) is 10.3 Å². The summed E-state index contributed by atoms with van der Waals surface area (Å²) >= 11 is 0. The second-order valence-corrected chi connectivity index (χ2v) is 6.23. The van der Waals surface area contributed by atoms with E-state index in [1.165, 1.54) is 0 Å². The number of esters is 1. The van der Waals surface area contributed by atoms with Crippen LogP contribution in [0.4, 0.5) is 4.79 Å². The third-order valence-electron chi connectivity index (χ3n) is 3.26. The maximum Gasteiger partial charge on any atom is 0.410 e. The average Bonchev–Trinajstić information content (AvgIpc) is 2.68. The van der Waals surface area contributed by atoms with Crippen LogP contribution in [0.3, 0.4) is 0 Å². The quantitative estimate of drug-likeness (QED) is 0.787. The molecule has 0 spiro atoms. The molecule has 2 rings (SSSR count). The van der Waals surface area contributed by atoms with Crippen LogP contribution in [-0.4, -0.2) is 57.3 Å². The number of amides is 1. The summed E-state index contributed by atoms with van der Waals surface area (Å²) in [5, 5.41) is 7.87. The number of nitrogens with zero attached hydrogens (tertiary/aromatic N) is 4. The molecular weight excluding hydrogens is 288 g/mol. The predicted octanol–water partition coefficient (Wildman–Crippen LogP) is 1.56. The summed E-state index contributed by atoms with van der Waals surface area (Å²) in [6.45, 7) is 10.3. The van der Waals surface area contributed by atoms with Crippen molar-refractivity contribution in [3.05, 3.63) is 11.4 Å². The molecule has 1 aliphatic heterocycles. The summed E-state index contributed by atoms with van der Waals surface area (Å²) in [5.41, 5.74) is 0.354. The van der Waals surface area contributed by atoms with Crippen LogP contribution in [0.2, 0.25) is 0 Å². The highest BCUT2D eigenvalue weighted by Crippen LogP contribution is 2.24. The van der Waals surface area contributed by atoms with Crippen molar-refractivity contribution in [3.63, 3.8) is 0 Å². The van der Waals surface area contributed by atoms with E-state index in [-0.39, 0.29) is 17.8 Å². The van der Waals surface area contributed by atoms with Gasteiger partial charge in [0.05, 0.1) is 18.3 Å². The molecule has 8 nitrogen and oxygen atoms in total. The molecular formula is C14H22N4O4. The smallest absolute Gasteiger partial charge is 0.410 e. The lowest BCUT2D eigenvalue weighted by atomic mass is 10.1. The van der Waals surface area contributed by atoms with Crippen LogP contribution in [0, 0.1) is 6.92 Å². The van der Waals surface area contributed by atoms with Crippen LogP contribution >= 0.6 is 0 Å².